The van der Waals surface area contributed by atoms with E-state index in [1.807, 2.05) is 31.2 Å². The minimum Gasteiger partial charge on any atom is -0.461 e. The van der Waals surface area contributed by atoms with Crippen molar-refractivity contribution >= 4 is 22.7 Å². The molecule has 2 aliphatic rings. The number of morpholine rings is 1. The number of aromatic nitrogens is 3. The van der Waals surface area contributed by atoms with Crippen LogP contribution in [0.4, 0.5) is 5.69 Å². The second kappa shape index (κ2) is 13.3. The first-order valence-corrected chi connectivity index (χ1v) is 15.7. The van der Waals surface area contributed by atoms with E-state index in [0.717, 1.165) is 79.8 Å². The number of carbonyl (C=O) groups is 1. The molecular weight excluding hydrogens is 540 g/mol. The van der Waals surface area contributed by atoms with Gasteiger partial charge in [0, 0.05) is 18.8 Å². The zero-order valence-electron chi connectivity index (χ0n) is 25.5. The van der Waals surface area contributed by atoms with Crippen molar-refractivity contribution in [3.63, 3.8) is 0 Å². The molecule has 8 nitrogen and oxygen atoms in total. The lowest BCUT2D eigenvalue weighted by Gasteiger charge is -2.29. The monoisotopic (exact) mass is 582 g/mol. The molecule has 1 aliphatic carbocycles. The molecule has 0 spiro atoms. The summed E-state index contributed by atoms with van der Waals surface area (Å²) in [6.07, 6.45) is 4.07. The summed E-state index contributed by atoms with van der Waals surface area (Å²) < 4.78 is 19.4. The average Bonchev–Trinajstić information content (AvgIpc) is 3.45. The fraction of sp³-hybridized carbons (Fsp3) is 0.457. The van der Waals surface area contributed by atoms with Crippen LogP contribution < -0.4 is 4.90 Å². The highest BCUT2D eigenvalue weighted by Crippen LogP contribution is 2.39. The molecule has 2 fully saturated rings. The van der Waals surface area contributed by atoms with Crippen molar-refractivity contribution in [3.8, 4) is 11.1 Å². The molecule has 43 heavy (non-hydrogen) atoms. The predicted octanol–water partition coefficient (Wildman–Crippen LogP) is 6.94. The summed E-state index contributed by atoms with van der Waals surface area (Å²) in [4.78, 5) is 20.4. The molecule has 0 amide bonds. The van der Waals surface area contributed by atoms with Gasteiger partial charge in [-0.05, 0) is 73.4 Å². The highest BCUT2D eigenvalue weighted by Gasteiger charge is 2.30. The largest absolute Gasteiger partial charge is 0.461 e. The van der Waals surface area contributed by atoms with E-state index in [0.29, 0.717) is 18.9 Å². The van der Waals surface area contributed by atoms with Crippen molar-refractivity contribution in [2.75, 3.05) is 37.8 Å². The maximum atomic E-state index is 13.1. The SMILES string of the molecule is CCOC(=O)c1cc(-c2ccc(N3CCOCC3)cc2)c2c(C(C)C)nn(C3CCCC(OCc4ccccc4)C3)c2n1. The minimum absolute atomic E-state index is 0.131. The standard InChI is InChI=1S/C35H42N4O4/c1-4-42-35(40)31-22-30(26-13-15-27(16-14-26)38-17-19-41-20-18-38)32-33(24(2)3)37-39(34(32)36-31)28-11-8-12-29(21-28)43-23-25-9-6-5-7-10-25/h5-7,9-10,13-16,22,24,28-29H,4,8,11-12,17-21,23H2,1-3H3. The predicted molar refractivity (Wildman–Crippen MR) is 169 cm³/mol. The molecule has 2 aromatic heterocycles. The van der Waals surface area contributed by atoms with Crippen LogP contribution in [0.1, 0.15) is 80.2 Å². The zero-order valence-corrected chi connectivity index (χ0v) is 25.5. The van der Waals surface area contributed by atoms with Gasteiger partial charge in [0.2, 0.25) is 0 Å². The summed E-state index contributed by atoms with van der Waals surface area (Å²) in [5, 5.41) is 6.22. The van der Waals surface area contributed by atoms with E-state index in [-0.39, 0.29) is 18.1 Å². The topological polar surface area (TPSA) is 78.7 Å². The average molecular weight is 583 g/mol. The Kier molecular flexibility index (Phi) is 9.05. The maximum Gasteiger partial charge on any atom is 0.357 e. The van der Waals surface area contributed by atoms with Crippen molar-refractivity contribution in [1.82, 2.24) is 14.8 Å². The summed E-state index contributed by atoms with van der Waals surface area (Å²) in [6, 6.07) is 20.9. The van der Waals surface area contributed by atoms with Gasteiger partial charge < -0.3 is 19.1 Å². The highest BCUT2D eigenvalue weighted by atomic mass is 16.5. The van der Waals surface area contributed by atoms with Crippen LogP contribution in [0, 0.1) is 0 Å². The van der Waals surface area contributed by atoms with E-state index < -0.39 is 5.97 Å². The Morgan fingerprint density at radius 3 is 2.53 bits per heavy atom. The third-order valence-electron chi connectivity index (χ3n) is 8.55. The van der Waals surface area contributed by atoms with Crippen molar-refractivity contribution in [3.05, 3.63) is 77.6 Å². The Bertz CT molecular complexity index is 1530. The van der Waals surface area contributed by atoms with Gasteiger partial charge in [0.05, 0.1) is 49.7 Å². The van der Waals surface area contributed by atoms with Crippen LogP contribution in [0.15, 0.2) is 60.7 Å². The van der Waals surface area contributed by atoms with Gasteiger partial charge in [-0.1, -0.05) is 56.3 Å². The lowest BCUT2D eigenvalue weighted by Crippen LogP contribution is -2.36. The Balaban J connectivity index is 1.38. The molecule has 226 valence electrons. The van der Waals surface area contributed by atoms with Gasteiger partial charge in [-0.15, -0.1) is 0 Å². The Labute approximate surface area is 254 Å². The number of benzene rings is 2. The van der Waals surface area contributed by atoms with E-state index >= 15 is 0 Å². The van der Waals surface area contributed by atoms with E-state index in [1.54, 1.807) is 0 Å². The van der Waals surface area contributed by atoms with Crippen LogP contribution >= 0.6 is 0 Å². The molecule has 3 heterocycles. The number of anilines is 1. The van der Waals surface area contributed by atoms with E-state index in [4.69, 9.17) is 24.3 Å². The smallest absolute Gasteiger partial charge is 0.357 e. The van der Waals surface area contributed by atoms with Gasteiger partial charge in [-0.3, -0.25) is 0 Å². The molecule has 1 aliphatic heterocycles. The number of carbonyl (C=O) groups excluding carboxylic acids is 1. The Morgan fingerprint density at radius 1 is 1.05 bits per heavy atom. The Hall–Kier alpha value is -3.75. The fourth-order valence-corrected chi connectivity index (χ4v) is 6.31. The van der Waals surface area contributed by atoms with Crippen LogP contribution in [0.5, 0.6) is 0 Å². The molecule has 4 aromatic rings. The number of hydrogen-bond donors (Lipinski definition) is 0. The molecule has 8 heteroatoms. The molecule has 0 radical (unpaired) electrons. The number of hydrogen-bond acceptors (Lipinski definition) is 7. The lowest BCUT2D eigenvalue weighted by atomic mass is 9.92. The number of ether oxygens (including phenoxy) is 3. The summed E-state index contributed by atoms with van der Waals surface area (Å²) >= 11 is 0. The maximum absolute atomic E-state index is 13.1. The first-order chi connectivity index (χ1) is 21.0. The van der Waals surface area contributed by atoms with Gasteiger partial charge in [0.25, 0.3) is 0 Å². The van der Waals surface area contributed by atoms with Crippen LogP contribution in [0.3, 0.4) is 0 Å². The minimum atomic E-state index is -0.415. The lowest BCUT2D eigenvalue weighted by molar-refractivity contribution is 0.00313. The Morgan fingerprint density at radius 2 is 1.81 bits per heavy atom. The fourth-order valence-electron chi connectivity index (χ4n) is 6.31. The van der Waals surface area contributed by atoms with Crippen molar-refractivity contribution in [1.29, 1.82) is 0 Å². The van der Waals surface area contributed by atoms with Crippen molar-refractivity contribution in [2.24, 2.45) is 0 Å². The molecular formula is C35H42N4O4. The van der Waals surface area contributed by atoms with Crippen LogP contribution in [0.25, 0.3) is 22.2 Å². The first kappa shape index (κ1) is 29.3. The number of esters is 1. The molecule has 2 aromatic carbocycles. The number of pyridine rings is 1. The second-order valence-electron chi connectivity index (χ2n) is 11.8. The highest BCUT2D eigenvalue weighted by molar-refractivity contribution is 6.00. The molecule has 2 atom stereocenters. The summed E-state index contributed by atoms with van der Waals surface area (Å²) in [6.45, 7) is 10.3. The van der Waals surface area contributed by atoms with Gasteiger partial charge in [0.15, 0.2) is 11.3 Å². The molecule has 6 rings (SSSR count). The van der Waals surface area contributed by atoms with E-state index in [9.17, 15) is 4.79 Å². The molecule has 0 bridgehead atoms. The van der Waals surface area contributed by atoms with Crippen molar-refractivity contribution in [2.45, 2.75) is 71.1 Å². The van der Waals surface area contributed by atoms with E-state index in [1.165, 1.54) is 11.3 Å². The number of nitrogens with zero attached hydrogens (tertiary/aromatic N) is 4. The van der Waals surface area contributed by atoms with E-state index in [2.05, 4.69) is 59.8 Å². The first-order valence-electron chi connectivity index (χ1n) is 15.7. The normalized spacial score (nSPS) is 19.2. The second-order valence-corrected chi connectivity index (χ2v) is 11.8. The number of rotatable bonds is 9. The third-order valence-corrected chi connectivity index (χ3v) is 8.55. The van der Waals surface area contributed by atoms with Gasteiger partial charge in [0.1, 0.15) is 0 Å². The van der Waals surface area contributed by atoms with Gasteiger partial charge in [-0.2, -0.15) is 5.10 Å². The van der Waals surface area contributed by atoms with Crippen LogP contribution in [-0.4, -0.2) is 59.7 Å². The zero-order chi connectivity index (χ0) is 29.8. The molecule has 1 saturated heterocycles. The van der Waals surface area contributed by atoms with Gasteiger partial charge >= 0.3 is 5.97 Å². The summed E-state index contributed by atoms with van der Waals surface area (Å²) in [5.41, 5.74) is 6.40. The summed E-state index contributed by atoms with van der Waals surface area (Å²) in [7, 11) is 0. The quantitative estimate of drug-likeness (QED) is 0.198. The third kappa shape index (κ3) is 6.45. The molecule has 1 saturated carbocycles. The molecule has 2 unspecified atom stereocenters. The van der Waals surface area contributed by atoms with Crippen LogP contribution in [-0.2, 0) is 20.8 Å². The van der Waals surface area contributed by atoms with Gasteiger partial charge in [-0.25, -0.2) is 14.5 Å². The molecule has 0 N–H and O–H groups in total. The summed E-state index contributed by atoms with van der Waals surface area (Å²) in [5.74, 6) is -0.235. The van der Waals surface area contributed by atoms with Crippen LogP contribution in [0.2, 0.25) is 0 Å². The van der Waals surface area contributed by atoms with Crippen molar-refractivity contribution < 1.29 is 19.0 Å². The number of fused-ring (bicyclic) bond motifs is 1.